The molecule has 0 bridgehead atoms. The van der Waals surface area contributed by atoms with Crippen molar-refractivity contribution >= 4 is 28.4 Å². The number of ether oxygens (including phenoxy) is 1. The molecule has 0 spiro atoms. The van der Waals surface area contributed by atoms with Gasteiger partial charge in [0.15, 0.2) is 0 Å². The number of benzene rings is 2. The summed E-state index contributed by atoms with van der Waals surface area (Å²) in [6, 6.07) is 2.53. The van der Waals surface area contributed by atoms with Crippen molar-refractivity contribution in [3.05, 3.63) is 59.4 Å². The van der Waals surface area contributed by atoms with Crippen molar-refractivity contribution in [1.29, 1.82) is 0 Å². The molecular formula is C18H13F7N2O4S. The molecule has 0 fully saturated rings. The number of nitrogens with zero attached hydrogens (tertiary/aromatic N) is 1. The number of halogens is 7. The Morgan fingerprint density at radius 1 is 1.09 bits per heavy atom. The average molecular weight is 486 g/mol. The molecule has 0 saturated carbocycles. The number of methoxy groups -OCH3 is 1. The van der Waals surface area contributed by atoms with E-state index in [-0.39, 0.29) is 6.07 Å². The second-order valence-electron chi connectivity index (χ2n) is 5.95. The van der Waals surface area contributed by atoms with E-state index in [1.807, 2.05) is 0 Å². The maximum absolute atomic E-state index is 14.5. The van der Waals surface area contributed by atoms with Crippen LogP contribution in [-0.2, 0) is 15.5 Å². The van der Waals surface area contributed by atoms with Crippen molar-refractivity contribution in [2.24, 2.45) is 0 Å². The minimum Gasteiger partial charge on any atom is -0.364 e. The first-order valence-corrected chi connectivity index (χ1v) is 9.50. The molecule has 1 atom stereocenters. The Bertz CT molecular complexity index is 1030. The van der Waals surface area contributed by atoms with Crippen molar-refractivity contribution < 1.29 is 49.3 Å². The SMILES string of the molecule is COCN(C(=O)NC(=O)c1c(F)cccc1F)c1ccc(S(=O)C(F)(F)C(F)F)cc1F. The summed E-state index contributed by atoms with van der Waals surface area (Å²) >= 11 is 0. The van der Waals surface area contributed by atoms with Crippen LogP contribution in [0.25, 0.3) is 0 Å². The fraction of sp³-hybridized carbons (Fsp3) is 0.222. The standard InChI is InChI=1S/C18H13F7N2O4S/c1-31-8-27(17(29)26-15(28)14-10(19)3-2-4-11(14)20)13-6-5-9(7-12(13)21)32(30)18(24,25)16(22)23/h2-7,16H,8H2,1H3,(H,26,28,29). The molecule has 0 aromatic heterocycles. The van der Waals surface area contributed by atoms with Gasteiger partial charge in [-0.25, -0.2) is 31.0 Å². The monoisotopic (exact) mass is 486 g/mol. The lowest BCUT2D eigenvalue weighted by molar-refractivity contribution is -0.0602. The van der Waals surface area contributed by atoms with Gasteiger partial charge in [-0.15, -0.1) is 0 Å². The molecule has 0 saturated heterocycles. The van der Waals surface area contributed by atoms with Crippen molar-refractivity contribution in [3.63, 3.8) is 0 Å². The fourth-order valence-electron chi connectivity index (χ4n) is 2.37. The van der Waals surface area contributed by atoms with E-state index in [4.69, 9.17) is 4.74 Å². The summed E-state index contributed by atoms with van der Waals surface area (Å²) in [7, 11) is -2.56. The smallest absolute Gasteiger partial charge is 0.364 e. The maximum Gasteiger partial charge on any atom is 0.384 e. The number of urea groups is 1. The molecule has 2 aromatic rings. The number of carbonyl (C=O) groups excluding carboxylic acids is 2. The van der Waals surface area contributed by atoms with Crippen LogP contribution in [0, 0.1) is 17.5 Å². The molecule has 174 valence electrons. The number of alkyl halides is 4. The van der Waals surface area contributed by atoms with Crippen LogP contribution in [0.4, 0.5) is 41.2 Å². The molecule has 2 rings (SSSR count). The molecule has 1 unspecified atom stereocenters. The van der Waals surface area contributed by atoms with E-state index < -0.39 is 74.7 Å². The zero-order chi connectivity index (χ0) is 24.2. The molecule has 3 amide bonds. The van der Waals surface area contributed by atoms with Crippen LogP contribution in [0.3, 0.4) is 0 Å². The van der Waals surface area contributed by atoms with Gasteiger partial charge < -0.3 is 4.74 Å². The Kier molecular flexibility index (Phi) is 7.96. The zero-order valence-electron chi connectivity index (χ0n) is 15.9. The average Bonchev–Trinajstić information content (AvgIpc) is 2.71. The predicted molar refractivity (Wildman–Crippen MR) is 97.3 cm³/mol. The Balaban J connectivity index is 2.33. The summed E-state index contributed by atoms with van der Waals surface area (Å²) in [5.41, 5.74) is -1.80. The van der Waals surface area contributed by atoms with Gasteiger partial charge in [0.05, 0.1) is 5.69 Å². The van der Waals surface area contributed by atoms with E-state index >= 15 is 0 Å². The fourth-order valence-corrected chi connectivity index (χ4v) is 3.25. The second-order valence-corrected chi connectivity index (χ2v) is 7.50. The van der Waals surface area contributed by atoms with Gasteiger partial charge in [-0.05, 0) is 30.3 Å². The predicted octanol–water partition coefficient (Wildman–Crippen LogP) is 4.03. The first kappa shape index (κ1) is 25.3. The quantitative estimate of drug-likeness (QED) is 0.474. The third kappa shape index (κ3) is 5.24. The van der Waals surface area contributed by atoms with Crippen LogP contribution in [0.2, 0.25) is 0 Å². The first-order chi connectivity index (χ1) is 14.9. The van der Waals surface area contributed by atoms with Crippen LogP contribution in [0.5, 0.6) is 0 Å². The lowest BCUT2D eigenvalue weighted by Crippen LogP contribution is -2.44. The van der Waals surface area contributed by atoms with E-state index in [2.05, 4.69) is 0 Å². The number of nitrogens with one attached hydrogen (secondary N) is 1. The highest BCUT2D eigenvalue weighted by Crippen LogP contribution is 2.33. The van der Waals surface area contributed by atoms with Gasteiger partial charge in [-0.1, -0.05) is 6.07 Å². The normalized spacial score (nSPS) is 12.5. The van der Waals surface area contributed by atoms with Crippen LogP contribution >= 0.6 is 0 Å². The Hall–Kier alpha value is -3.00. The van der Waals surface area contributed by atoms with E-state index in [0.717, 1.165) is 25.3 Å². The highest BCUT2D eigenvalue weighted by molar-refractivity contribution is 7.86. The molecule has 2 aromatic carbocycles. The molecule has 6 nitrogen and oxygen atoms in total. The lowest BCUT2D eigenvalue weighted by Gasteiger charge is -2.23. The molecular weight excluding hydrogens is 473 g/mol. The summed E-state index contributed by atoms with van der Waals surface area (Å²) < 4.78 is 110. The minimum atomic E-state index is -4.96. The third-order valence-corrected chi connectivity index (χ3v) is 5.19. The Morgan fingerprint density at radius 3 is 2.19 bits per heavy atom. The maximum atomic E-state index is 14.5. The van der Waals surface area contributed by atoms with Gasteiger partial charge >= 0.3 is 17.7 Å². The lowest BCUT2D eigenvalue weighted by atomic mass is 10.2. The summed E-state index contributed by atoms with van der Waals surface area (Å²) in [4.78, 5) is 23.9. The minimum absolute atomic E-state index is 0.232. The molecule has 0 heterocycles. The number of carbonyl (C=O) groups is 2. The molecule has 14 heteroatoms. The molecule has 32 heavy (non-hydrogen) atoms. The highest BCUT2D eigenvalue weighted by Gasteiger charge is 2.48. The van der Waals surface area contributed by atoms with E-state index in [9.17, 15) is 44.5 Å². The molecule has 0 aliphatic carbocycles. The van der Waals surface area contributed by atoms with Gasteiger partial charge in [-0.2, -0.15) is 8.78 Å². The molecule has 0 aliphatic rings. The van der Waals surface area contributed by atoms with Crippen LogP contribution < -0.4 is 10.2 Å². The zero-order valence-corrected chi connectivity index (χ0v) is 16.7. The van der Waals surface area contributed by atoms with Gasteiger partial charge in [-0.3, -0.25) is 15.0 Å². The topological polar surface area (TPSA) is 75.7 Å². The molecule has 1 N–H and O–H groups in total. The van der Waals surface area contributed by atoms with Crippen LogP contribution in [-0.4, -0.2) is 41.7 Å². The summed E-state index contributed by atoms with van der Waals surface area (Å²) in [6.07, 6.45) is -4.29. The van der Waals surface area contributed by atoms with Gasteiger partial charge in [0, 0.05) is 12.0 Å². The van der Waals surface area contributed by atoms with Crippen LogP contribution in [0.1, 0.15) is 10.4 Å². The number of imide groups is 1. The number of hydrogen-bond donors (Lipinski definition) is 1. The number of amides is 3. The number of anilines is 1. The van der Waals surface area contributed by atoms with E-state index in [1.54, 1.807) is 5.32 Å². The van der Waals surface area contributed by atoms with Crippen molar-refractivity contribution in [2.75, 3.05) is 18.7 Å². The largest absolute Gasteiger partial charge is 0.384 e. The highest BCUT2D eigenvalue weighted by atomic mass is 32.2. The summed E-state index contributed by atoms with van der Waals surface area (Å²) in [5.74, 6) is -5.54. The van der Waals surface area contributed by atoms with Crippen LogP contribution in [0.15, 0.2) is 41.3 Å². The third-order valence-electron chi connectivity index (χ3n) is 3.84. The number of rotatable bonds is 7. The van der Waals surface area contributed by atoms with E-state index in [1.165, 1.54) is 0 Å². The summed E-state index contributed by atoms with van der Waals surface area (Å²) in [6.45, 7) is -0.731. The summed E-state index contributed by atoms with van der Waals surface area (Å²) in [5, 5.41) is -3.36. The van der Waals surface area contributed by atoms with Crippen molar-refractivity contribution in [1.82, 2.24) is 5.32 Å². The second kappa shape index (κ2) is 10.1. The number of hydrogen-bond acceptors (Lipinski definition) is 4. The van der Waals surface area contributed by atoms with Gasteiger partial charge in [0.2, 0.25) is 0 Å². The van der Waals surface area contributed by atoms with Crippen molar-refractivity contribution in [2.45, 2.75) is 16.6 Å². The Labute approximate surface area is 178 Å². The van der Waals surface area contributed by atoms with Gasteiger partial charge in [0.25, 0.3) is 5.91 Å². The van der Waals surface area contributed by atoms with Gasteiger partial charge in [0.1, 0.15) is 40.5 Å². The molecule has 0 radical (unpaired) electrons. The van der Waals surface area contributed by atoms with Crippen molar-refractivity contribution in [3.8, 4) is 0 Å². The first-order valence-electron chi connectivity index (χ1n) is 8.35. The molecule has 0 aliphatic heterocycles. The Morgan fingerprint density at radius 2 is 1.69 bits per heavy atom. The van der Waals surface area contributed by atoms with E-state index in [0.29, 0.717) is 17.0 Å².